The van der Waals surface area contributed by atoms with Crippen LogP contribution in [0, 0.1) is 24.7 Å². The maximum absolute atomic E-state index is 5.69. The molecule has 0 aromatic heterocycles. The third-order valence-electron chi connectivity index (χ3n) is 3.72. The third kappa shape index (κ3) is 3.36. The molecule has 0 nitrogen and oxygen atoms in total. The van der Waals surface area contributed by atoms with Gasteiger partial charge >= 0.3 is 0 Å². The fraction of sp³-hybridized carbons (Fsp3) is 0.200. The molecule has 0 spiro atoms. The summed E-state index contributed by atoms with van der Waals surface area (Å²) in [5.41, 5.74) is 7.01. The highest BCUT2D eigenvalue weighted by molar-refractivity contribution is 7.98. The quantitative estimate of drug-likeness (QED) is 0.638. The van der Waals surface area contributed by atoms with Gasteiger partial charge in [0.2, 0.25) is 0 Å². The molecule has 4 bridgehead atoms. The van der Waals surface area contributed by atoms with Gasteiger partial charge in [0.15, 0.2) is 0 Å². The van der Waals surface area contributed by atoms with Gasteiger partial charge in [-0.15, -0.1) is 12.8 Å². The minimum absolute atomic E-state index is 0.892. The fourth-order valence-corrected chi connectivity index (χ4v) is 4.46. The summed E-state index contributed by atoms with van der Waals surface area (Å²) in [5, 5.41) is 0. The Kier molecular flexibility index (Phi) is 4.84. The molecule has 0 aliphatic carbocycles. The monoisotopic (exact) mass is 320 g/mol. The van der Waals surface area contributed by atoms with E-state index in [1.165, 1.54) is 22.3 Å². The Hall–Kier alpha value is -1.74. The summed E-state index contributed by atoms with van der Waals surface area (Å²) >= 11 is 3.75. The number of rotatable bonds is 0. The van der Waals surface area contributed by atoms with Crippen LogP contribution in [0.1, 0.15) is 33.4 Å². The van der Waals surface area contributed by atoms with E-state index < -0.39 is 0 Å². The first-order valence-electron chi connectivity index (χ1n) is 7.12. The van der Waals surface area contributed by atoms with Gasteiger partial charge in [-0.3, -0.25) is 0 Å². The highest BCUT2D eigenvalue weighted by Crippen LogP contribution is 2.27. The van der Waals surface area contributed by atoms with Crippen LogP contribution in [-0.4, -0.2) is 0 Å². The molecule has 0 radical (unpaired) electrons. The van der Waals surface area contributed by atoms with Gasteiger partial charge in [0.1, 0.15) is 0 Å². The zero-order valence-electron chi connectivity index (χ0n) is 12.3. The molecule has 0 saturated heterocycles. The van der Waals surface area contributed by atoms with Gasteiger partial charge in [0, 0.05) is 34.1 Å². The summed E-state index contributed by atoms with van der Waals surface area (Å²) in [5.74, 6) is 9.41. The van der Waals surface area contributed by atoms with Crippen molar-refractivity contribution in [2.24, 2.45) is 0 Å². The van der Waals surface area contributed by atoms with Crippen LogP contribution >= 0.6 is 23.5 Å². The minimum Gasteiger partial charge on any atom is -0.152 e. The van der Waals surface area contributed by atoms with Crippen molar-refractivity contribution in [3.63, 3.8) is 0 Å². The number of hydrogen-bond donors (Lipinski definition) is 0. The highest BCUT2D eigenvalue weighted by Gasteiger charge is 2.09. The van der Waals surface area contributed by atoms with Gasteiger partial charge < -0.3 is 0 Å². The zero-order valence-corrected chi connectivity index (χ0v) is 13.9. The van der Waals surface area contributed by atoms with Crippen molar-refractivity contribution in [2.75, 3.05) is 0 Å². The van der Waals surface area contributed by atoms with Crippen LogP contribution in [-0.2, 0) is 23.0 Å². The van der Waals surface area contributed by atoms with Crippen molar-refractivity contribution in [3.05, 3.63) is 69.8 Å². The first-order chi connectivity index (χ1) is 10.8. The van der Waals surface area contributed by atoms with Crippen molar-refractivity contribution >= 4 is 23.5 Å². The molecule has 4 aliphatic heterocycles. The fourth-order valence-electron chi connectivity index (χ4n) is 2.49. The van der Waals surface area contributed by atoms with Crippen LogP contribution in [0.25, 0.3) is 0 Å². The SMILES string of the molecule is C#Cc1cc2c(C#C)cc1CSCc1ccc(cc1)CSC2. The zero-order chi connectivity index (χ0) is 15.4. The normalized spacial score (nSPS) is 14.1. The molecule has 22 heavy (non-hydrogen) atoms. The van der Waals surface area contributed by atoms with Crippen molar-refractivity contribution < 1.29 is 0 Å². The maximum Gasteiger partial charge on any atom is 0.0286 e. The molecule has 2 aromatic carbocycles. The molecule has 4 aliphatic rings. The summed E-state index contributed by atoms with van der Waals surface area (Å²) in [7, 11) is 0. The Labute approximate surface area is 141 Å². The molecule has 0 atom stereocenters. The number of benzene rings is 2. The Morgan fingerprint density at radius 1 is 0.682 bits per heavy atom. The number of thioether (sulfide) groups is 2. The van der Waals surface area contributed by atoms with Crippen LogP contribution in [0.15, 0.2) is 36.4 Å². The molecule has 0 fully saturated rings. The predicted molar refractivity (Wildman–Crippen MR) is 98.8 cm³/mol. The lowest BCUT2D eigenvalue weighted by Gasteiger charge is -2.13. The second kappa shape index (κ2) is 7.01. The van der Waals surface area contributed by atoms with Gasteiger partial charge in [-0.1, -0.05) is 36.1 Å². The third-order valence-corrected chi connectivity index (χ3v) is 5.82. The first kappa shape index (κ1) is 15.2. The molecule has 4 heterocycles. The second-order valence-electron chi connectivity index (χ2n) is 5.26. The topological polar surface area (TPSA) is 0 Å². The number of terminal acetylenes is 2. The van der Waals surface area contributed by atoms with Crippen LogP contribution in [0.2, 0.25) is 0 Å². The molecule has 2 aromatic rings. The summed E-state index contributed by atoms with van der Waals surface area (Å²) < 4.78 is 0. The van der Waals surface area contributed by atoms with E-state index >= 15 is 0 Å². The maximum atomic E-state index is 5.69. The smallest absolute Gasteiger partial charge is 0.0286 e. The van der Waals surface area contributed by atoms with E-state index in [-0.39, 0.29) is 0 Å². The van der Waals surface area contributed by atoms with E-state index in [1.807, 2.05) is 23.5 Å². The lowest BCUT2D eigenvalue weighted by molar-refractivity contribution is 1.27. The summed E-state index contributed by atoms with van der Waals surface area (Å²) in [4.78, 5) is 0. The summed E-state index contributed by atoms with van der Waals surface area (Å²) in [6.07, 6.45) is 11.4. The van der Waals surface area contributed by atoms with Gasteiger partial charge in [-0.05, 0) is 34.4 Å². The molecule has 0 saturated carbocycles. The van der Waals surface area contributed by atoms with E-state index in [2.05, 4.69) is 48.2 Å². The summed E-state index contributed by atoms with van der Waals surface area (Å²) in [6.45, 7) is 0. The average molecular weight is 320 g/mol. The Bertz CT molecular complexity index is 691. The van der Waals surface area contributed by atoms with E-state index in [0.29, 0.717) is 0 Å². The van der Waals surface area contributed by atoms with Crippen molar-refractivity contribution in [3.8, 4) is 24.7 Å². The van der Waals surface area contributed by atoms with Crippen LogP contribution in [0.3, 0.4) is 0 Å². The van der Waals surface area contributed by atoms with Gasteiger partial charge in [0.05, 0.1) is 0 Å². The lowest BCUT2D eigenvalue weighted by Crippen LogP contribution is -1.97. The predicted octanol–water partition coefficient (Wildman–Crippen LogP) is 4.83. The molecule has 108 valence electrons. The lowest BCUT2D eigenvalue weighted by atomic mass is 10.0. The van der Waals surface area contributed by atoms with Crippen molar-refractivity contribution in [1.82, 2.24) is 0 Å². The van der Waals surface area contributed by atoms with Gasteiger partial charge in [-0.25, -0.2) is 0 Å². The molecule has 0 unspecified atom stereocenters. The van der Waals surface area contributed by atoms with Gasteiger partial charge in [-0.2, -0.15) is 23.5 Å². The van der Waals surface area contributed by atoms with Crippen LogP contribution < -0.4 is 0 Å². The van der Waals surface area contributed by atoms with E-state index in [0.717, 1.165) is 34.1 Å². The van der Waals surface area contributed by atoms with E-state index in [4.69, 9.17) is 12.8 Å². The van der Waals surface area contributed by atoms with Crippen molar-refractivity contribution in [2.45, 2.75) is 23.0 Å². The molecule has 0 N–H and O–H groups in total. The Morgan fingerprint density at radius 3 is 1.45 bits per heavy atom. The second-order valence-corrected chi connectivity index (χ2v) is 7.23. The molecule has 0 amide bonds. The summed E-state index contributed by atoms with van der Waals surface area (Å²) in [6, 6.07) is 13.1. The van der Waals surface area contributed by atoms with Crippen LogP contribution in [0.4, 0.5) is 0 Å². The molecular formula is C20H16S2. The van der Waals surface area contributed by atoms with Gasteiger partial charge in [0.25, 0.3) is 0 Å². The van der Waals surface area contributed by atoms with Crippen LogP contribution in [0.5, 0.6) is 0 Å². The van der Waals surface area contributed by atoms with E-state index in [1.54, 1.807) is 0 Å². The average Bonchev–Trinajstić information content (AvgIpc) is 2.56. The molecule has 2 heteroatoms. The van der Waals surface area contributed by atoms with E-state index in [9.17, 15) is 0 Å². The number of hydrogen-bond acceptors (Lipinski definition) is 2. The largest absolute Gasteiger partial charge is 0.152 e. The standard InChI is InChI=1S/C20H16S2/c1-3-17-9-20-14-22-12-16-7-5-15(6-8-16)11-21-13-19(17)10-18(20)4-2/h1-2,5-10H,11-14H2. The first-order valence-corrected chi connectivity index (χ1v) is 9.43. The highest BCUT2D eigenvalue weighted by atomic mass is 32.2. The van der Waals surface area contributed by atoms with Crippen molar-refractivity contribution in [1.29, 1.82) is 0 Å². The Morgan fingerprint density at radius 2 is 1.09 bits per heavy atom. The Balaban J connectivity index is 1.98. The minimum atomic E-state index is 0.892. The molecule has 6 rings (SSSR count). The molecular weight excluding hydrogens is 304 g/mol.